The summed E-state index contributed by atoms with van der Waals surface area (Å²) < 4.78 is 22.3. The van der Waals surface area contributed by atoms with Gasteiger partial charge >= 0.3 is 12.1 Å². The number of nitrogens with one attached hydrogen (secondary N) is 2. The van der Waals surface area contributed by atoms with Gasteiger partial charge in [-0.3, -0.25) is 9.59 Å². The SMILES string of the molecule is CC[C@@H]1C[C@]1(NC(=O)[C@@H]1C[C@@H](Oc2cccc3cc(OC)ccc23)CN1C(=O)[C@@H](NC(=O)OC(C)(C)C)C(C)(C)C)C(=O)OC. The van der Waals surface area contributed by atoms with Crippen molar-refractivity contribution in [1.29, 1.82) is 0 Å². The molecule has 2 aliphatic rings. The molecule has 2 N–H and O–H groups in total. The van der Waals surface area contributed by atoms with Crippen LogP contribution < -0.4 is 20.1 Å². The second-order valence-corrected chi connectivity index (χ2v) is 14.0. The molecule has 2 aromatic carbocycles. The van der Waals surface area contributed by atoms with Crippen molar-refractivity contribution in [1.82, 2.24) is 15.5 Å². The molecule has 1 aliphatic heterocycles. The molecule has 5 atom stereocenters. The third kappa shape index (κ3) is 7.45. The minimum Gasteiger partial charge on any atom is -0.497 e. The zero-order valence-corrected chi connectivity index (χ0v) is 27.8. The molecule has 4 rings (SSSR count). The summed E-state index contributed by atoms with van der Waals surface area (Å²) >= 11 is 0. The van der Waals surface area contributed by atoms with Gasteiger partial charge in [0.1, 0.15) is 40.8 Å². The molecule has 0 aromatic heterocycles. The van der Waals surface area contributed by atoms with Crippen molar-refractivity contribution in [2.75, 3.05) is 20.8 Å². The van der Waals surface area contributed by atoms with Gasteiger partial charge in [-0.05, 0) is 68.2 Å². The van der Waals surface area contributed by atoms with Crippen molar-refractivity contribution < 1.29 is 38.1 Å². The first kappa shape index (κ1) is 33.9. The van der Waals surface area contributed by atoms with Crippen molar-refractivity contribution >= 4 is 34.6 Å². The Kier molecular flexibility index (Phi) is 9.61. The number of benzene rings is 2. The van der Waals surface area contributed by atoms with Gasteiger partial charge in [-0.1, -0.05) is 46.2 Å². The Morgan fingerprint density at radius 2 is 1.76 bits per heavy atom. The lowest BCUT2D eigenvalue weighted by molar-refractivity contribution is -0.148. The van der Waals surface area contributed by atoms with Crippen LogP contribution in [0.3, 0.4) is 0 Å². The van der Waals surface area contributed by atoms with Crippen LogP contribution in [0.1, 0.15) is 67.7 Å². The van der Waals surface area contributed by atoms with Crippen LogP contribution in [0.5, 0.6) is 11.5 Å². The molecule has 1 saturated carbocycles. The maximum Gasteiger partial charge on any atom is 0.408 e. The summed E-state index contributed by atoms with van der Waals surface area (Å²) in [7, 11) is 2.90. The van der Waals surface area contributed by atoms with Gasteiger partial charge in [-0.2, -0.15) is 0 Å². The second-order valence-electron chi connectivity index (χ2n) is 14.0. The Bertz CT molecular complexity index is 1450. The van der Waals surface area contributed by atoms with Gasteiger partial charge in [0.25, 0.3) is 0 Å². The maximum atomic E-state index is 14.3. The lowest BCUT2D eigenvalue weighted by Gasteiger charge is -2.36. The summed E-state index contributed by atoms with van der Waals surface area (Å²) in [4.78, 5) is 55.3. The summed E-state index contributed by atoms with van der Waals surface area (Å²) in [5, 5.41) is 7.45. The monoisotopic (exact) mass is 625 g/mol. The second kappa shape index (κ2) is 12.8. The van der Waals surface area contributed by atoms with Crippen LogP contribution in [0, 0.1) is 11.3 Å². The molecule has 1 heterocycles. The first-order valence-electron chi connectivity index (χ1n) is 15.5. The zero-order chi connectivity index (χ0) is 33.3. The molecule has 11 heteroatoms. The van der Waals surface area contributed by atoms with Crippen molar-refractivity contribution in [3.8, 4) is 11.5 Å². The summed E-state index contributed by atoms with van der Waals surface area (Å²) in [6, 6.07) is 9.37. The highest BCUT2D eigenvalue weighted by Crippen LogP contribution is 2.47. The van der Waals surface area contributed by atoms with E-state index < -0.39 is 58.6 Å². The summed E-state index contributed by atoms with van der Waals surface area (Å²) in [6.07, 6.45) is 0.0543. The number of hydrogen-bond acceptors (Lipinski definition) is 8. The fourth-order valence-electron chi connectivity index (χ4n) is 6.02. The third-order valence-corrected chi connectivity index (χ3v) is 8.46. The Hall–Kier alpha value is -4.02. The molecule has 0 spiro atoms. The van der Waals surface area contributed by atoms with Crippen LogP contribution >= 0.6 is 0 Å². The minimum absolute atomic E-state index is 0.0599. The number of hydrogen-bond donors (Lipinski definition) is 2. The summed E-state index contributed by atoms with van der Waals surface area (Å²) in [5.74, 6) is -0.162. The van der Waals surface area contributed by atoms with Crippen LogP contribution in [0.25, 0.3) is 10.8 Å². The maximum absolute atomic E-state index is 14.3. The highest BCUT2D eigenvalue weighted by atomic mass is 16.6. The van der Waals surface area contributed by atoms with E-state index in [1.807, 2.05) is 64.1 Å². The number of methoxy groups -OCH3 is 2. The van der Waals surface area contributed by atoms with Crippen molar-refractivity contribution in [2.24, 2.45) is 11.3 Å². The van der Waals surface area contributed by atoms with E-state index in [2.05, 4.69) is 10.6 Å². The number of rotatable bonds is 9. The predicted molar refractivity (Wildman–Crippen MR) is 169 cm³/mol. The quantitative estimate of drug-likeness (QED) is 0.387. The van der Waals surface area contributed by atoms with Crippen LogP contribution in [-0.4, -0.2) is 78.9 Å². The number of esters is 1. The number of alkyl carbamates (subject to hydrolysis) is 1. The first-order valence-corrected chi connectivity index (χ1v) is 15.5. The van der Waals surface area contributed by atoms with Gasteiger partial charge in [-0.25, -0.2) is 9.59 Å². The van der Waals surface area contributed by atoms with E-state index in [-0.39, 0.29) is 18.9 Å². The lowest BCUT2D eigenvalue weighted by Crippen LogP contribution is -2.59. The van der Waals surface area contributed by atoms with E-state index in [1.54, 1.807) is 27.9 Å². The zero-order valence-electron chi connectivity index (χ0n) is 27.8. The summed E-state index contributed by atoms with van der Waals surface area (Å²) in [6.45, 7) is 12.8. The molecule has 2 aromatic rings. The molecule has 0 radical (unpaired) electrons. The van der Waals surface area contributed by atoms with Gasteiger partial charge in [0.15, 0.2) is 0 Å². The molecule has 45 heavy (non-hydrogen) atoms. The van der Waals surface area contributed by atoms with E-state index in [4.69, 9.17) is 18.9 Å². The molecule has 0 unspecified atom stereocenters. The lowest BCUT2D eigenvalue weighted by atomic mass is 9.85. The number of carbonyl (C=O) groups excluding carboxylic acids is 4. The van der Waals surface area contributed by atoms with Gasteiger partial charge in [-0.15, -0.1) is 0 Å². The molecule has 246 valence electrons. The van der Waals surface area contributed by atoms with Crippen LogP contribution in [0.15, 0.2) is 36.4 Å². The van der Waals surface area contributed by atoms with Gasteiger partial charge in [0.2, 0.25) is 11.8 Å². The fourth-order valence-corrected chi connectivity index (χ4v) is 6.02. The van der Waals surface area contributed by atoms with E-state index in [0.29, 0.717) is 24.3 Å². The number of likely N-dealkylation sites (tertiary alicyclic amines) is 1. The highest BCUT2D eigenvalue weighted by Gasteiger charge is 2.62. The van der Waals surface area contributed by atoms with E-state index >= 15 is 0 Å². The van der Waals surface area contributed by atoms with E-state index in [0.717, 1.165) is 10.8 Å². The van der Waals surface area contributed by atoms with E-state index in [9.17, 15) is 19.2 Å². The molecule has 0 bridgehead atoms. The Labute approximate surface area is 265 Å². The van der Waals surface area contributed by atoms with Crippen molar-refractivity contribution in [3.63, 3.8) is 0 Å². The van der Waals surface area contributed by atoms with Gasteiger partial charge in [0, 0.05) is 11.8 Å². The molecular weight excluding hydrogens is 578 g/mol. The Balaban J connectivity index is 1.65. The predicted octanol–water partition coefficient (Wildman–Crippen LogP) is 4.59. The molecule has 3 amide bonds. The normalized spacial score (nSPS) is 23.6. The van der Waals surface area contributed by atoms with E-state index in [1.165, 1.54) is 12.0 Å². The third-order valence-electron chi connectivity index (χ3n) is 8.46. The highest BCUT2D eigenvalue weighted by molar-refractivity contribution is 5.96. The van der Waals surface area contributed by atoms with Crippen molar-refractivity contribution in [3.05, 3.63) is 36.4 Å². The summed E-state index contributed by atoms with van der Waals surface area (Å²) in [5.41, 5.74) is -2.61. The molecule has 2 fully saturated rings. The van der Waals surface area contributed by atoms with Gasteiger partial charge < -0.3 is 34.5 Å². The average Bonchev–Trinajstić information content (AvgIpc) is 3.52. The number of nitrogens with zero attached hydrogens (tertiary/aromatic N) is 1. The molecular formula is C34H47N3O8. The number of ether oxygens (including phenoxy) is 4. The molecule has 11 nitrogen and oxygen atoms in total. The standard InChI is InChI=1S/C34H47N3O8/c1-10-21-18-34(21,30(40)43-9)36-28(38)25-17-23(44-26-13-11-12-20-16-22(42-8)14-15-24(20)26)19-37(25)29(39)27(32(2,3)4)35-31(41)45-33(5,6)7/h11-16,21,23,25,27H,10,17-19H2,1-9H3,(H,35,41)(H,36,38)/t21-,23-,25+,27-,34-/m1/s1. The minimum atomic E-state index is -1.12. The topological polar surface area (TPSA) is 132 Å². The molecule has 1 saturated heterocycles. The Morgan fingerprint density at radius 3 is 2.33 bits per heavy atom. The number of carbonyl (C=O) groups is 4. The largest absolute Gasteiger partial charge is 0.497 e. The molecule has 1 aliphatic carbocycles. The van der Waals surface area contributed by atoms with Crippen molar-refractivity contribution in [2.45, 2.75) is 97.1 Å². The number of amides is 3. The first-order chi connectivity index (χ1) is 21.0. The average molecular weight is 626 g/mol. The number of fused-ring (bicyclic) bond motifs is 1. The van der Waals surface area contributed by atoms with Gasteiger partial charge in [0.05, 0.1) is 20.8 Å². The smallest absolute Gasteiger partial charge is 0.408 e. The fraction of sp³-hybridized carbons (Fsp3) is 0.588. The van der Waals surface area contributed by atoms with Crippen LogP contribution in [-0.2, 0) is 23.9 Å². The Morgan fingerprint density at radius 1 is 1.04 bits per heavy atom. The van der Waals surface area contributed by atoms with Crippen LogP contribution in [0.4, 0.5) is 4.79 Å². The van der Waals surface area contributed by atoms with Crippen LogP contribution in [0.2, 0.25) is 0 Å².